The van der Waals surface area contributed by atoms with Gasteiger partial charge in [0.2, 0.25) is 0 Å². The summed E-state index contributed by atoms with van der Waals surface area (Å²) in [7, 11) is -3.73. The minimum absolute atomic E-state index is 0.159. The summed E-state index contributed by atoms with van der Waals surface area (Å²) >= 11 is 0. The van der Waals surface area contributed by atoms with Crippen LogP contribution in [0.4, 0.5) is 30.4 Å². The van der Waals surface area contributed by atoms with Crippen LogP contribution in [-0.4, -0.2) is 29.1 Å². The van der Waals surface area contributed by atoms with E-state index in [-0.39, 0.29) is 10.6 Å². The molecule has 3 aromatic carbocycles. The molecule has 0 amide bonds. The third kappa shape index (κ3) is 5.54. The molecule has 0 unspecified atom stereocenters. The van der Waals surface area contributed by atoms with Gasteiger partial charge in [0, 0.05) is 29.3 Å². The molecule has 0 saturated heterocycles. The Morgan fingerprint density at radius 3 is 2.34 bits per heavy atom. The van der Waals surface area contributed by atoms with Gasteiger partial charge in [0.15, 0.2) is 11.5 Å². The van der Waals surface area contributed by atoms with Crippen molar-refractivity contribution in [1.82, 2.24) is 14.4 Å². The number of rotatable bonds is 7. The molecule has 0 atom stereocenters. The standard InChI is InChI=1S/C26H20F3N5O3S/c1-17-5-11-22(12-6-17)38(35,36)33-20-9-7-19(8-10-20)32-24-25-31-16-23(34(25)14-13-30-24)18-3-2-4-21(15-18)37-26(27,28)29/h2-16,33H,1H3,(H,30,32). The predicted octanol–water partition coefficient (Wildman–Crippen LogP) is 6.15. The van der Waals surface area contributed by atoms with Crippen molar-refractivity contribution < 1.29 is 26.3 Å². The van der Waals surface area contributed by atoms with E-state index in [9.17, 15) is 21.6 Å². The van der Waals surface area contributed by atoms with Crippen LogP contribution >= 0.6 is 0 Å². The maximum atomic E-state index is 12.6. The van der Waals surface area contributed by atoms with Crippen molar-refractivity contribution in [2.75, 3.05) is 10.0 Å². The third-order valence-corrected chi connectivity index (χ3v) is 6.92. The van der Waals surface area contributed by atoms with Crippen LogP contribution < -0.4 is 14.8 Å². The maximum Gasteiger partial charge on any atom is 0.573 e. The van der Waals surface area contributed by atoms with Gasteiger partial charge in [-0.2, -0.15) is 0 Å². The van der Waals surface area contributed by atoms with Crippen LogP contribution in [0.1, 0.15) is 5.56 Å². The molecule has 0 fully saturated rings. The van der Waals surface area contributed by atoms with Crippen molar-refractivity contribution in [3.63, 3.8) is 0 Å². The molecule has 2 heterocycles. The number of benzene rings is 3. The van der Waals surface area contributed by atoms with Crippen molar-refractivity contribution >= 4 is 32.9 Å². The highest BCUT2D eigenvalue weighted by Crippen LogP contribution is 2.30. The lowest BCUT2D eigenvalue weighted by Gasteiger charge is -2.11. The fourth-order valence-corrected chi connectivity index (χ4v) is 4.82. The quantitative estimate of drug-likeness (QED) is 0.258. The Kier molecular flexibility index (Phi) is 6.41. The lowest BCUT2D eigenvalue weighted by Crippen LogP contribution is -2.17. The first kappa shape index (κ1) is 25.1. The van der Waals surface area contributed by atoms with Crippen LogP contribution in [0.5, 0.6) is 5.75 Å². The molecule has 2 aromatic heterocycles. The molecule has 0 aliphatic heterocycles. The average molecular weight is 540 g/mol. The van der Waals surface area contributed by atoms with E-state index >= 15 is 0 Å². The van der Waals surface area contributed by atoms with Crippen LogP contribution in [0.25, 0.3) is 16.9 Å². The first-order valence-electron chi connectivity index (χ1n) is 11.2. The van der Waals surface area contributed by atoms with Gasteiger partial charge in [0.25, 0.3) is 10.0 Å². The number of hydrogen-bond donors (Lipinski definition) is 2. The van der Waals surface area contributed by atoms with Crippen LogP contribution in [0.3, 0.4) is 0 Å². The number of imidazole rings is 1. The van der Waals surface area contributed by atoms with E-state index in [1.165, 1.54) is 42.7 Å². The summed E-state index contributed by atoms with van der Waals surface area (Å²) in [4.78, 5) is 8.87. The first-order chi connectivity index (χ1) is 18.1. The summed E-state index contributed by atoms with van der Waals surface area (Å²) < 4.78 is 71.4. The molecule has 194 valence electrons. The molecule has 0 radical (unpaired) electrons. The largest absolute Gasteiger partial charge is 0.573 e. The molecule has 5 aromatic rings. The average Bonchev–Trinajstić information content (AvgIpc) is 3.30. The second-order valence-corrected chi connectivity index (χ2v) is 9.99. The van der Waals surface area contributed by atoms with Gasteiger partial charge in [0.1, 0.15) is 5.75 Å². The van der Waals surface area contributed by atoms with E-state index in [1.807, 2.05) is 6.92 Å². The van der Waals surface area contributed by atoms with Crippen LogP contribution in [0, 0.1) is 6.92 Å². The maximum absolute atomic E-state index is 12.6. The van der Waals surface area contributed by atoms with Crippen LogP contribution in [0.2, 0.25) is 0 Å². The number of fused-ring (bicyclic) bond motifs is 1. The summed E-state index contributed by atoms with van der Waals surface area (Å²) in [6.45, 7) is 1.88. The monoisotopic (exact) mass is 539 g/mol. The van der Waals surface area contributed by atoms with E-state index < -0.39 is 16.4 Å². The van der Waals surface area contributed by atoms with Crippen molar-refractivity contribution in [3.8, 4) is 17.0 Å². The summed E-state index contributed by atoms with van der Waals surface area (Å²) in [6.07, 6.45) is -0.101. The topological polar surface area (TPSA) is 97.6 Å². The number of hydrogen-bond acceptors (Lipinski definition) is 6. The molecule has 0 aliphatic rings. The zero-order chi connectivity index (χ0) is 26.9. The van der Waals surface area contributed by atoms with Gasteiger partial charge in [0.05, 0.1) is 16.8 Å². The van der Waals surface area contributed by atoms with Crippen LogP contribution in [0.15, 0.2) is 96.3 Å². The van der Waals surface area contributed by atoms with Crippen molar-refractivity contribution in [2.24, 2.45) is 0 Å². The molecular formula is C26H20F3N5O3S. The minimum atomic E-state index is -4.80. The highest BCUT2D eigenvalue weighted by Gasteiger charge is 2.31. The van der Waals surface area contributed by atoms with Gasteiger partial charge in [-0.15, -0.1) is 13.2 Å². The third-order valence-electron chi connectivity index (χ3n) is 5.52. The van der Waals surface area contributed by atoms with Crippen LogP contribution in [-0.2, 0) is 10.0 Å². The Morgan fingerprint density at radius 1 is 0.921 bits per heavy atom. The number of aryl methyl sites for hydroxylation is 1. The molecule has 0 bridgehead atoms. The van der Waals surface area contributed by atoms with Crippen molar-refractivity contribution in [3.05, 3.63) is 97.0 Å². The Morgan fingerprint density at radius 2 is 1.63 bits per heavy atom. The zero-order valence-electron chi connectivity index (χ0n) is 19.8. The minimum Gasteiger partial charge on any atom is -0.406 e. The number of nitrogens with zero attached hydrogens (tertiary/aromatic N) is 3. The number of sulfonamides is 1. The number of halogens is 3. The van der Waals surface area contributed by atoms with Gasteiger partial charge < -0.3 is 10.1 Å². The summed E-state index contributed by atoms with van der Waals surface area (Å²) in [5.41, 5.74) is 3.41. The first-order valence-corrected chi connectivity index (χ1v) is 12.7. The normalized spacial score (nSPS) is 11.9. The van der Waals surface area contributed by atoms with Crippen molar-refractivity contribution in [1.29, 1.82) is 0 Å². The highest BCUT2D eigenvalue weighted by atomic mass is 32.2. The molecule has 8 nitrogen and oxygen atoms in total. The fourth-order valence-electron chi connectivity index (χ4n) is 3.76. The Balaban J connectivity index is 1.36. The van der Waals surface area contributed by atoms with Gasteiger partial charge >= 0.3 is 6.36 Å². The van der Waals surface area contributed by atoms with Gasteiger partial charge in [-0.05, 0) is 55.5 Å². The Hall–Kier alpha value is -4.58. The van der Waals surface area contributed by atoms with Crippen molar-refractivity contribution in [2.45, 2.75) is 18.2 Å². The number of alkyl halides is 3. The molecule has 12 heteroatoms. The second-order valence-electron chi connectivity index (χ2n) is 8.31. The van der Waals surface area contributed by atoms with E-state index in [0.717, 1.165) is 5.56 Å². The Labute approximate surface area is 215 Å². The molecule has 0 aliphatic carbocycles. The molecule has 2 N–H and O–H groups in total. The van der Waals surface area contributed by atoms with E-state index in [1.54, 1.807) is 53.1 Å². The SMILES string of the molecule is Cc1ccc(S(=O)(=O)Nc2ccc(Nc3nccn4c(-c5cccc(OC(F)(F)F)c5)cnc34)cc2)cc1. The molecular weight excluding hydrogens is 519 g/mol. The number of nitrogens with one attached hydrogen (secondary N) is 2. The molecule has 38 heavy (non-hydrogen) atoms. The van der Waals surface area contributed by atoms with E-state index in [0.29, 0.717) is 34.1 Å². The van der Waals surface area contributed by atoms with E-state index in [2.05, 4.69) is 24.7 Å². The van der Waals surface area contributed by atoms with Gasteiger partial charge in [-0.1, -0.05) is 29.8 Å². The summed E-state index contributed by atoms with van der Waals surface area (Å²) in [5, 5.41) is 3.14. The Bertz CT molecular complexity index is 1700. The zero-order valence-corrected chi connectivity index (χ0v) is 20.6. The molecule has 0 saturated carbocycles. The number of aromatic nitrogens is 3. The van der Waals surface area contributed by atoms with E-state index in [4.69, 9.17) is 0 Å². The lowest BCUT2D eigenvalue weighted by atomic mass is 10.1. The predicted molar refractivity (Wildman–Crippen MR) is 137 cm³/mol. The number of anilines is 3. The molecule has 0 spiro atoms. The lowest BCUT2D eigenvalue weighted by molar-refractivity contribution is -0.274. The second kappa shape index (κ2) is 9.71. The smallest absolute Gasteiger partial charge is 0.406 e. The highest BCUT2D eigenvalue weighted by molar-refractivity contribution is 7.92. The summed E-state index contributed by atoms with van der Waals surface area (Å²) in [5.74, 6) is 0.0601. The van der Waals surface area contributed by atoms with Gasteiger partial charge in [-0.25, -0.2) is 18.4 Å². The molecule has 5 rings (SSSR count). The van der Waals surface area contributed by atoms with Gasteiger partial charge in [-0.3, -0.25) is 9.12 Å². The summed E-state index contributed by atoms with van der Waals surface area (Å²) in [6, 6.07) is 18.7. The fraction of sp³-hybridized carbons (Fsp3) is 0.0769. The number of ether oxygens (including phenoxy) is 1.